The number of carbonyl (C=O) groups excluding carboxylic acids is 4. The number of fused-ring (bicyclic) bond motifs is 5. The largest absolute Gasteiger partial charge is 0.481 e. The second-order valence-corrected chi connectivity index (χ2v) is 15.2. The SMILES string of the molecule is CCCC/C=C/[C@@H](CCCC(=O)N[C@@H](CC(=O)O)C(=O)O)OC(=O)N(C)CCN(C)C(=O)Oc1ccc2nc3c(c(CC)c2c1)Cn1c-3cc2c(c1=O)COC(=O)[C@]2(O)CC. The van der Waals surface area contributed by atoms with E-state index in [1.54, 1.807) is 41.8 Å². The van der Waals surface area contributed by atoms with Crippen molar-refractivity contribution in [2.45, 2.75) is 109 Å². The molecule has 0 fully saturated rings. The number of carboxylic acid groups (broad SMARTS) is 2. The molecule has 0 unspecified atom stereocenters. The lowest BCUT2D eigenvalue weighted by Crippen LogP contribution is -2.44. The van der Waals surface area contributed by atoms with Crippen LogP contribution in [0.2, 0.25) is 0 Å². The quantitative estimate of drug-likeness (QED) is 0.0578. The first-order valence-electron chi connectivity index (χ1n) is 20.4. The third-order valence-corrected chi connectivity index (χ3v) is 11.0. The van der Waals surface area contributed by atoms with Gasteiger partial charge in [-0.05, 0) is 68.0 Å². The molecule has 0 aliphatic carbocycles. The number of carbonyl (C=O) groups is 6. The Kier molecular flexibility index (Phi) is 14.9. The van der Waals surface area contributed by atoms with Crippen LogP contribution >= 0.6 is 0 Å². The molecule has 2 aromatic heterocycles. The number of hydrogen-bond acceptors (Lipinski definition) is 12. The smallest absolute Gasteiger partial charge is 0.415 e. The highest BCUT2D eigenvalue weighted by atomic mass is 16.6. The van der Waals surface area contributed by atoms with E-state index >= 15 is 0 Å². The number of hydrogen-bond donors (Lipinski definition) is 4. The zero-order chi connectivity index (χ0) is 44.6. The first-order valence-corrected chi connectivity index (χ1v) is 20.4. The molecule has 2 aliphatic rings. The summed E-state index contributed by atoms with van der Waals surface area (Å²) in [5.74, 6) is -4.00. The van der Waals surface area contributed by atoms with Gasteiger partial charge in [-0.25, -0.2) is 24.2 Å². The second kappa shape index (κ2) is 19.8. The van der Waals surface area contributed by atoms with Crippen molar-refractivity contribution >= 4 is 46.9 Å². The number of aliphatic hydroxyl groups is 1. The second-order valence-electron chi connectivity index (χ2n) is 15.2. The van der Waals surface area contributed by atoms with Gasteiger partial charge in [-0.1, -0.05) is 39.7 Å². The molecule has 3 aromatic rings. The van der Waals surface area contributed by atoms with Crippen molar-refractivity contribution in [1.82, 2.24) is 24.7 Å². The Balaban J connectivity index is 1.20. The first kappa shape index (κ1) is 45.8. The number of carboxylic acids is 2. The number of amides is 3. The van der Waals surface area contributed by atoms with Crippen molar-refractivity contribution in [3.8, 4) is 17.1 Å². The fourth-order valence-corrected chi connectivity index (χ4v) is 7.36. The average Bonchev–Trinajstić information content (AvgIpc) is 3.59. The molecule has 0 spiro atoms. The van der Waals surface area contributed by atoms with Gasteiger partial charge in [-0.15, -0.1) is 0 Å². The molecule has 0 bridgehead atoms. The molecule has 5 rings (SSSR count). The summed E-state index contributed by atoms with van der Waals surface area (Å²) in [6.07, 6.45) is 4.41. The number of nitrogens with one attached hydrogen (secondary N) is 1. The molecule has 3 atom stereocenters. The van der Waals surface area contributed by atoms with Crippen LogP contribution in [-0.4, -0.2) is 110 Å². The van der Waals surface area contributed by atoms with Crippen molar-refractivity contribution in [2.24, 2.45) is 0 Å². The van der Waals surface area contributed by atoms with E-state index in [0.717, 1.165) is 35.8 Å². The first-order chi connectivity index (χ1) is 29.0. The van der Waals surface area contributed by atoms with Crippen molar-refractivity contribution in [3.05, 3.63) is 69.0 Å². The molecule has 1 aromatic carbocycles. The summed E-state index contributed by atoms with van der Waals surface area (Å²) in [6.45, 7) is 5.83. The Morgan fingerprint density at radius 3 is 2.39 bits per heavy atom. The van der Waals surface area contributed by atoms with Crippen LogP contribution in [0.1, 0.15) is 94.4 Å². The van der Waals surface area contributed by atoms with Gasteiger partial charge < -0.3 is 49.2 Å². The van der Waals surface area contributed by atoms with Crippen LogP contribution in [0, 0.1) is 0 Å². The Hall–Kier alpha value is -6.30. The zero-order valence-corrected chi connectivity index (χ0v) is 35.0. The zero-order valence-electron chi connectivity index (χ0n) is 35.0. The molecular formula is C43H53N5O13. The third-order valence-electron chi connectivity index (χ3n) is 11.0. The summed E-state index contributed by atoms with van der Waals surface area (Å²) < 4.78 is 18.2. The number of nitrogens with zero attached hydrogens (tertiary/aromatic N) is 4. The van der Waals surface area contributed by atoms with E-state index in [4.69, 9.17) is 24.3 Å². The van der Waals surface area contributed by atoms with Crippen molar-refractivity contribution in [2.75, 3.05) is 27.2 Å². The third kappa shape index (κ3) is 10.4. The summed E-state index contributed by atoms with van der Waals surface area (Å²) in [6, 6.07) is 5.14. The minimum absolute atomic E-state index is 0.0313. The van der Waals surface area contributed by atoms with E-state index in [1.807, 2.05) is 19.9 Å². The van der Waals surface area contributed by atoms with Crippen molar-refractivity contribution in [1.29, 1.82) is 0 Å². The fraction of sp³-hybridized carbons (Fsp3) is 0.488. The minimum Gasteiger partial charge on any atom is -0.481 e. The van der Waals surface area contributed by atoms with E-state index in [9.17, 15) is 43.8 Å². The number of pyridine rings is 2. The standard InChI is InChI=1S/C43H53N5O13/c1-6-9-10-11-13-25(14-12-15-35(49)44-33(39(53)54)22-36(50)51)60-41(56)46(4)18-19-47(5)42(57)61-26-16-17-32-28(20-26)27(7-2)29-23-48-34(37(29)45-32)21-31-30(38(48)52)24-59-40(55)43(31,58)8-3/h11,13,16-17,20-21,25,33,58H,6-10,12,14-15,18-19,22-24H2,1-5H3,(H,44,49)(H,50,51)(H,53,54)/b13-11+/t25-,33-,43-/m0/s1. The van der Waals surface area contributed by atoms with E-state index in [-0.39, 0.29) is 74.4 Å². The lowest BCUT2D eigenvalue weighted by atomic mass is 9.86. The van der Waals surface area contributed by atoms with Gasteiger partial charge in [0, 0.05) is 50.1 Å². The van der Waals surface area contributed by atoms with Crippen LogP contribution in [0.4, 0.5) is 9.59 Å². The maximum absolute atomic E-state index is 13.7. The number of cyclic esters (lactones) is 1. The maximum Gasteiger partial charge on any atom is 0.415 e. The van der Waals surface area contributed by atoms with Crippen LogP contribution in [0.15, 0.2) is 41.2 Å². The summed E-state index contributed by atoms with van der Waals surface area (Å²) >= 11 is 0. The molecule has 4 heterocycles. The molecule has 3 amide bonds. The van der Waals surface area contributed by atoms with Gasteiger partial charge in [0.25, 0.3) is 5.56 Å². The van der Waals surface area contributed by atoms with Gasteiger partial charge in [-0.3, -0.25) is 14.4 Å². The minimum atomic E-state index is -1.94. The Labute approximate surface area is 352 Å². The van der Waals surface area contributed by atoms with Crippen LogP contribution in [0.5, 0.6) is 5.75 Å². The normalized spacial score (nSPS) is 16.2. The van der Waals surface area contributed by atoms with Crippen molar-refractivity contribution in [3.63, 3.8) is 0 Å². The Bertz CT molecular complexity index is 2290. The van der Waals surface area contributed by atoms with Gasteiger partial charge >= 0.3 is 30.1 Å². The number of benzene rings is 1. The van der Waals surface area contributed by atoms with Gasteiger partial charge in [0.15, 0.2) is 5.60 Å². The van der Waals surface area contributed by atoms with Crippen LogP contribution in [-0.2, 0) is 53.8 Å². The number of allylic oxidation sites excluding steroid dienone is 1. The van der Waals surface area contributed by atoms with Crippen LogP contribution < -0.4 is 15.6 Å². The van der Waals surface area contributed by atoms with Gasteiger partial charge in [0.05, 0.1) is 35.4 Å². The summed E-state index contributed by atoms with van der Waals surface area (Å²) in [4.78, 5) is 94.7. The number of unbranched alkanes of at least 4 members (excludes halogenated alkanes) is 2. The molecule has 4 N–H and O–H groups in total. The summed E-state index contributed by atoms with van der Waals surface area (Å²) in [5.41, 5.74) is 1.53. The molecule has 18 heteroatoms. The molecule has 18 nitrogen and oxygen atoms in total. The molecule has 0 saturated heterocycles. The number of aliphatic carboxylic acids is 2. The fourth-order valence-electron chi connectivity index (χ4n) is 7.36. The van der Waals surface area contributed by atoms with E-state index < -0.39 is 60.2 Å². The van der Waals surface area contributed by atoms with E-state index in [1.165, 1.54) is 23.9 Å². The average molecular weight is 848 g/mol. The Morgan fingerprint density at radius 1 is 1.02 bits per heavy atom. The van der Waals surface area contributed by atoms with E-state index in [0.29, 0.717) is 23.3 Å². The highest BCUT2D eigenvalue weighted by Gasteiger charge is 2.45. The number of aromatic nitrogens is 2. The van der Waals surface area contributed by atoms with Gasteiger partial charge in [0.2, 0.25) is 5.91 Å². The highest BCUT2D eigenvalue weighted by molar-refractivity contribution is 5.90. The van der Waals surface area contributed by atoms with Gasteiger partial charge in [0.1, 0.15) is 24.5 Å². The number of ether oxygens (including phenoxy) is 3. The van der Waals surface area contributed by atoms with Crippen molar-refractivity contribution < 1.29 is 58.3 Å². The number of rotatable bonds is 19. The van der Waals surface area contributed by atoms with Crippen LogP contribution in [0.25, 0.3) is 22.3 Å². The number of esters is 1. The predicted molar refractivity (Wildman–Crippen MR) is 220 cm³/mol. The molecule has 2 aliphatic heterocycles. The number of likely N-dealkylation sites (N-methyl/N-ethyl adjacent to an activating group) is 2. The Morgan fingerprint density at radius 2 is 1.74 bits per heavy atom. The van der Waals surface area contributed by atoms with Gasteiger partial charge in [-0.2, -0.15) is 0 Å². The lowest BCUT2D eigenvalue weighted by Gasteiger charge is -2.31. The highest BCUT2D eigenvalue weighted by Crippen LogP contribution is 2.40. The monoisotopic (exact) mass is 847 g/mol. The maximum atomic E-state index is 13.7. The van der Waals surface area contributed by atoms with E-state index in [2.05, 4.69) is 5.32 Å². The molecule has 0 radical (unpaired) electrons. The topological polar surface area (TPSA) is 244 Å². The summed E-state index contributed by atoms with van der Waals surface area (Å²) in [5, 5.41) is 32.3. The molecule has 61 heavy (non-hydrogen) atoms. The predicted octanol–water partition coefficient (Wildman–Crippen LogP) is 4.47. The number of aryl methyl sites for hydroxylation is 1. The molecule has 0 saturated carbocycles. The van der Waals surface area contributed by atoms with Crippen LogP contribution in [0.3, 0.4) is 0 Å². The lowest BCUT2D eigenvalue weighted by molar-refractivity contribution is -0.172. The molecular weight excluding hydrogens is 794 g/mol. The summed E-state index contributed by atoms with van der Waals surface area (Å²) in [7, 11) is 3.04. The molecule has 328 valence electrons.